The van der Waals surface area contributed by atoms with E-state index in [0.717, 1.165) is 42.4 Å². The van der Waals surface area contributed by atoms with Gasteiger partial charge in [-0.2, -0.15) is 4.68 Å². The molecule has 0 unspecified atom stereocenters. The van der Waals surface area contributed by atoms with Crippen LogP contribution in [0.15, 0.2) is 24.3 Å². The summed E-state index contributed by atoms with van der Waals surface area (Å²) in [5.74, 6) is 1.54. The first-order valence-electron chi connectivity index (χ1n) is 9.07. The Hall–Kier alpha value is -2.74. The molecule has 2 aromatic heterocycles. The molecular weight excluding hydrogens is 330 g/mol. The lowest BCUT2D eigenvalue weighted by atomic mass is 10.3. The minimum atomic E-state index is -0.432. The largest absolute Gasteiger partial charge is 0.369 e. The number of amides is 1. The fourth-order valence-corrected chi connectivity index (χ4v) is 3.56. The Kier molecular flexibility index (Phi) is 4.42. The third-order valence-corrected chi connectivity index (χ3v) is 4.75. The summed E-state index contributed by atoms with van der Waals surface area (Å²) in [4.78, 5) is 23.1. The molecule has 136 valence electrons. The normalized spacial score (nSPS) is 15.1. The van der Waals surface area contributed by atoms with Crippen molar-refractivity contribution < 1.29 is 4.79 Å². The first-order valence-corrected chi connectivity index (χ1v) is 9.07. The van der Waals surface area contributed by atoms with Crippen molar-refractivity contribution in [2.24, 2.45) is 5.73 Å². The van der Waals surface area contributed by atoms with Gasteiger partial charge in [0, 0.05) is 6.54 Å². The number of carbonyl (C=O) groups excluding carboxylic acids is 1. The predicted octanol–water partition coefficient (Wildman–Crippen LogP) is 1.26. The van der Waals surface area contributed by atoms with E-state index in [1.807, 2.05) is 18.2 Å². The molecule has 2 N–H and O–H groups in total. The summed E-state index contributed by atoms with van der Waals surface area (Å²) in [7, 11) is 0. The summed E-state index contributed by atoms with van der Waals surface area (Å²) >= 11 is 0. The van der Waals surface area contributed by atoms with Gasteiger partial charge in [0.2, 0.25) is 11.9 Å². The molecule has 4 rings (SSSR count). The SMILES string of the molecule is CCn1c(-n2nc(CC(N)=O)nc2CN2CCCC2)nc2ccccc21. The number of hydrogen-bond donors (Lipinski definition) is 1. The highest BCUT2D eigenvalue weighted by Gasteiger charge is 2.22. The number of para-hydroxylation sites is 2. The number of nitrogens with zero attached hydrogens (tertiary/aromatic N) is 6. The molecule has 3 aromatic rings. The summed E-state index contributed by atoms with van der Waals surface area (Å²) in [6, 6.07) is 8.03. The fourth-order valence-electron chi connectivity index (χ4n) is 3.56. The number of hydrogen-bond acceptors (Lipinski definition) is 5. The Morgan fingerprint density at radius 2 is 1.96 bits per heavy atom. The molecule has 1 aliphatic rings. The van der Waals surface area contributed by atoms with Crippen LogP contribution in [0.1, 0.15) is 31.4 Å². The highest BCUT2D eigenvalue weighted by molar-refractivity contribution is 5.77. The molecule has 1 aliphatic heterocycles. The average molecular weight is 353 g/mol. The molecule has 0 saturated carbocycles. The lowest BCUT2D eigenvalue weighted by molar-refractivity contribution is -0.117. The fraction of sp³-hybridized carbons (Fsp3) is 0.444. The zero-order chi connectivity index (χ0) is 18.1. The molecule has 0 radical (unpaired) electrons. The monoisotopic (exact) mass is 353 g/mol. The van der Waals surface area contributed by atoms with Crippen LogP contribution in [-0.2, 0) is 24.3 Å². The average Bonchev–Trinajstić information content (AvgIpc) is 3.33. The molecule has 1 aromatic carbocycles. The first-order chi connectivity index (χ1) is 12.7. The van der Waals surface area contributed by atoms with Gasteiger partial charge < -0.3 is 10.3 Å². The molecule has 1 amide bonds. The third-order valence-electron chi connectivity index (χ3n) is 4.75. The molecule has 8 heteroatoms. The number of aryl methyl sites for hydroxylation is 1. The zero-order valence-corrected chi connectivity index (χ0v) is 14.9. The smallest absolute Gasteiger partial charge is 0.233 e. The Labute approximate surface area is 151 Å². The Morgan fingerprint density at radius 3 is 2.69 bits per heavy atom. The number of benzene rings is 1. The van der Waals surface area contributed by atoms with E-state index in [4.69, 9.17) is 10.7 Å². The summed E-state index contributed by atoms with van der Waals surface area (Å²) in [6.45, 7) is 5.66. The number of likely N-dealkylation sites (tertiary alicyclic amines) is 1. The summed E-state index contributed by atoms with van der Waals surface area (Å²) in [6.07, 6.45) is 2.44. The van der Waals surface area contributed by atoms with E-state index < -0.39 is 5.91 Å². The number of imidazole rings is 1. The van der Waals surface area contributed by atoms with Gasteiger partial charge in [-0.1, -0.05) is 12.1 Å². The second-order valence-corrected chi connectivity index (χ2v) is 6.63. The van der Waals surface area contributed by atoms with Crippen LogP contribution in [0.4, 0.5) is 0 Å². The van der Waals surface area contributed by atoms with E-state index in [1.165, 1.54) is 12.8 Å². The van der Waals surface area contributed by atoms with Crippen LogP contribution in [0.25, 0.3) is 17.0 Å². The standard InChI is InChI=1S/C18H23N7O/c1-2-24-14-8-4-3-7-13(14)20-18(24)25-17(12-23-9-5-6-10-23)21-16(22-25)11-15(19)26/h3-4,7-8H,2,5-6,9-12H2,1H3,(H2,19,26). The minimum absolute atomic E-state index is 0.0341. The summed E-state index contributed by atoms with van der Waals surface area (Å²) in [5.41, 5.74) is 7.32. The van der Waals surface area contributed by atoms with Crippen LogP contribution in [-0.4, -0.2) is 48.2 Å². The maximum absolute atomic E-state index is 11.3. The molecule has 1 saturated heterocycles. The first kappa shape index (κ1) is 16.7. The molecular formula is C18H23N7O. The van der Waals surface area contributed by atoms with E-state index in [1.54, 1.807) is 4.68 Å². The van der Waals surface area contributed by atoms with Crippen molar-refractivity contribution in [2.75, 3.05) is 13.1 Å². The molecule has 0 spiro atoms. The van der Waals surface area contributed by atoms with Crippen LogP contribution < -0.4 is 5.73 Å². The van der Waals surface area contributed by atoms with Crippen LogP contribution in [0, 0.1) is 0 Å². The van der Waals surface area contributed by atoms with Crippen LogP contribution in [0.3, 0.4) is 0 Å². The van der Waals surface area contributed by atoms with E-state index in [-0.39, 0.29) is 6.42 Å². The number of aromatic nitrogens is 5. The molecule has 1 fully saturated rings. The minimum Gasteiger partial charge on any atom is -0.369 e. The quantitative estimate of drug-likeness (QED) is 0.720. The Balaban J connectivity index is 1.81. The highest BCUT2D eigenvalue weighted by Crippen LogP contribution is 2.21. The van der Waals surface area contributed by atoms with Gasteiger partial charge >= 0.3 is 0 Å². The Bertz CT molecular complexity index is 936. The Morgan fingerprint density at radius 1 is 1.19 bits per heavy atom. The van der Waals surface area contributed by atoms with Gasteiger partial charge in [-0.3, -0.25) is 9.69 Å². The lowest BCUT2D eigenvalue weighted by Crippen LogP contribution is -2.22. The van der Waals surface area contributed by atoms with Crippen molar-refractivity contribution in [1.29, 1.82) is 0 Å². The van der Waals surface area contributed by atoms with Gasteiger partial charge in [-0.15, -0.1) is 5.10 Å². The van der Waals surface area contributed by atoms with Crippen molar-refractivity contribution in [3.8, 4) is 5.95 Å². The second-order valence-electron chi connectivity index (χ2n) is 6.63. The van der Waals surface area contributed by atoms with Crippen molar-refractivity contribution in [3.05, 3.63) is 35.9 Å². The van der Waals surface area contributed by atoms with Gasteiger partial charge in [-0.25, -0.2) is 9.97 Å². The van der Waals surface area contributed by atoms with Crippen molar-refractivity contribution >= 4 is 16.9 Å². The van der Waals surface area contributed by atoms with Gasteiger partial charge in [-0.05, 0) is 45.0 Å². The molecule has 0 atom stereocenters. The molecule has 26 heavy (non-hydrogen) atoms. The number of primary amides is 1. The van der Waals surface area contributed by atoms with Crippen LogP contribution >= 0.6 is 0 Å². The van der Waals surface area contributed by atoms with Crippen molar-refractivity contribution in [2.45, 2.75) is 39.3 Å². The number of fused-ring (bicyclic) bond motifs is 1. The lowest BCUT2D eigenvalue weighted by Gasteiger charge is -2.14. The molecule has 3 heterocycles. The maximum atomic E-state index is 11.3. The topological polar surface area (TPSA) is 94.9 Å². The van der Waals surface area contributed by atoms with E-state index in [9.17, 15) is 4.79 Å². The second kappa shape index (κ2) is 6.87. The van der Waals surface area contributed by atoms with E-state index in [2.05, 4.69) is 32.5 Å². The van der Waals surface area contributed by atoms with Crippen molar-refractivity contribution in [3.63, 3.8) is 0 Å². The van der Waals surface area contributed by atoms with Gasteiger partial charge in [0.15, 0.2) is 5.82 Å². The van der Waals surface area contributed by atoms with Gasteiger partial charge in [0.25, 0.3) is 0 Å². The summed E-state index contributed by atoms with van der Waals surface area (Å²) in [5, 5.41) is 4.56. The van der Waals surface area contributed by atoms with Crippen LogP contribution in [0.5, 0.6) is 0 Å². The van der Waals surface area contributed by atoms with Gasteiger partial charge in [0.05, 0.1) is 24.0 Å². The number of rotatable bonds is 6. The molecule has 8 nitrogen and oxygen atoms in total. The van der Waals surface area contributed by atoms with Crippen molar-refractivity contribution in [1.82, 2.24) is 29.2 Å². The van der Waals surface area contributed by atoms with Gasteiger partial charge in [0.1, 0.15) is 5.82 Å². The highest BCUT2D eigenvalue weighted by atomic mass is 16.1. The molecule has 0 bridgehead atoms. The zero-order valence-electron chi connectivity index (χ0n) is 14.9. The van der Waals surface area contributed by atoms with E-state index in [0.29, 0.717) is 12.4 Å². The van der Waals surface area contributed by atoms with Crippen LogP contribution in [0.2, 0.25) is 0 Å². The third kappa shape index (κ3) is 3.08. The number of carbonyl (C=O) groups is 1. The summed E-state index contributed by atoms with van der Waals surface area (Å²) < 4.78 is 3.89. The molecule has 0 aliphatic carbocycles. The number of nitrogens with two attached hydrogens (primary N) is 1. The van der Waals surface area contributed by atoms with E-state index >= 15 is 0 Å². The maximum Gasteiger partial charge on any atom is 0.233 e. The predicted molar refractivity (Wildman–Crippen MR) is 97.7 cm³/mol.